The van der Waals surface area contributed by atoms with Crippen molar-refractivity contribution >= 4 is 29.3 Å². The molecule has 18 heavy (non-hydrogen) atoms. The van der Waals surface area contributed by atoms with E-state index in [1.165, 1.54) is 0 Å². The van der Waals surface area contributed by atoms with Gasteiger partial charge in [0.05, 0.1) is 0 Å². The van der Waals surface area contributed by atoms with Gasteiger partial charge >= 0.3 is 5.97 Å². The van der Waals surface area contributed by atoms with Crippen LogP contribution in [0.5, 0.6) is 0 Å². The minimum absolute atomic E-state index is 0.160. The van der Waals surface area contributed by atoms with Crippen molar-refractivity contribution in [3.63, 3.8) is 0 Å². The van der Waals surface area contributed by atoms with E-state index in [1.807, 2.05) is 31.2 Å². The number of aliphatic carboxylic acids is 1. The molecule has 0 aliphatic carbocycles. The number of hydrogen-bond acceptors (Lipinski definition) is 3. The summed E-state index contributed by atoms with van der Waals surface area (Å²) in [7, 11) is 0. The summed E-state index contributed by atoms with van der Waals surface area (Å²) in [6, 6.07) is 7.66. The molecule has 100 valence electrons. The maximum Gasteiger partial charge on any atom is 0.323 e. The Labute approximate surface area is 117 Å². The van der Waals surface area contributed by atoms with Gasteiger partial charge in [-0.1, -0.05) is 36.7 Å². The Morgan fingerprint density at radius 1 is 1.56 bits per heavy atom. The van der Waals surface area contributed by atoms with E-state index in [9.17, 15) is 4.79 Å². The van der Waals surface area contributed by atoms with Crippen molar-refractivity contribution in [1.29, 1.82) is 0 Å². The zero-order chi connectivity index (χ0) is 13.8. The van der Waals surface area contributed by atoms with Crippen molar-refractivity contribution in [2.24, 2.45) is 5.73 Å². The molecule has 5 heteroatoms. The molecule has 0 aliphatic rings. The van der Waals surface area contributed by atoms with Crippen LogP contribution in [0, 0.1) is 0 Å². The van der Waals surface area contributed by atoms with E-state index in [4.69, 9.17) is 22.4 Å². The van der Waals surface area contributed by atoms with Crippen molar-refractivity contribution in [3.05, 3.63) is 34.9 Å². The lowest BCUT2D eigenvalue weighted by Crippen LogP contribution is -2.46. The molecule has 0 bridgehead atoms. The first kappa shape index (κ1) is 15.3. The maximum atomic E-state index is 10.9. The molecule has 0 amide bonds. The quantitative estimate of drug-likeness (QED) is 0.844. The predicted molar refractivity (Wildman–Crippen MR) is 77.1 cm³/mol. The molecule has 0 spiro atoms. The number of rotatable bonds is 6. The Balaban J connectivity index is 2.50. The molecule has 0 radical (unpaired) electrons. The zero-order valence-electron chi connectivity index (χ0n) is 10.5. The van der Waals surface area contributed by atoms with Crippen molar-refractivity contribution in [2.75, 3.05) is 0 Å². The van der Waals surface area contributed by atoms with Crippen LogP contribution in [0.2, 0.25) is 5.02 Å². The molecule has 0 saturated carbocycles. The monoisotopic (exact) mass is 287 g/mol. The van der Waals surface area contributed by atoms with Crippen LogP contribution >= 0.6 is 23.4 Å². The second-order valence-electron chi connectivity index (χ2n) is 4.64. The lowest BCUT2D eigenvalue weighted by molar-refractivity contribution is -0.142. The number of benzene rings is 1. The van der Waals surface area contributed by atoms with Crippen LogP contribution in [-0.2, 0) is 10.5 Å². The van der Waals surface area contributed by atoms with Gasteiger partial charge in [-0.3, -0.25) is 4.79 Å². The second kappa shape index (κ2) is 6.45. The van der Waals surface area contributed by atoms with E-state index in [0.717, 1.165) is 16.3 Å². The van der Waals surface area contributed by atoms with E-state index >= 15 is 0 Å². The summed E-state index contributed by atoms with van der Waals surface area (Å²) in [4.78, 5) is 10.9. The smallest absolute Gasteiger partial charge is 0.323 e. The van der Waals surface area contributed by atoms with Gasteiger partial charge < -0.3 is 10.8 Å². The van der Waals surface area contributed by atoms with Crippen molar-refractivity contribution in [3.8, 4) is 0 Å². The predicted octanol–water partition coefficient (Wildman–Crippen LogP) is 3.15. The van der Waals surface area contributed by atoms with E-state index < -0.39 is 11.5 Å². The van der Waals surface area contributed by atoms with Gasteiger partial charge in [0.25, 0.3) is 0 Å². The molecule has 1 aromatic carbocycles. The maximum absolute atomic E-state index is 10.9. The Kier molecular flexibility index (Phi) is 5.50. The highest BCUT2D eigenvalue weighted by Gasteiger charge is 2.29. The topological polar surface area (TPSA) is 63.3 Å². The van der Waals surface area contributed by atoms with Crippen LogP contribution in [0.1, 0.15) is 25.8 Å². The van der Waals surface area contributed by atoms with Crippen molar-refractivity contribution in [1.82, 2.24) is 0 Å². The normalized spacial score (nSPS) is 16.0. The lowest BCUT2D eigenvalue weighted by atomic mass is 9.98. The summed E-state index contributed by atoms with van der Waals surface area (Å²) in [6.45, 7) is 3.53. The SMILES string of the molecule is CC(CC(C)(N)C(=O)O)SCc1ccccc1Cl. The molecule has 3 N–H and O–H groups in total. The van der Waals surface area contributed by atoms with E-state index in [0.29, 0.717) is 6.42 Å². The Morgan fingerprint density at radius 3 is 2.72 bits per heavy atom. The molecule has 3 nitrogen and oxygen atoms in total. The summed E-state index contributed by atoms with van der Waals surface area (Å²) in [5.74, 6) is -0.205. The summed E-state index contributed by atoms with van der Waals surface area (Å²) >= 11 is 7.72. The number of thioether (sulfide) groups is 1. The van der Waals surface area contributed by atoms with E-state index in [-0.39, 0.29) is 5.25 Å². The standard InChI is InChI=1S/C13H18ClNO2S/c1-9(7-13(2,15)12(16)17)18-8-10-5-3-4-6-11(10)14/h3-6,9H,7-8,15H2,1-2H3,(H,16,17). The van der Waals surface area contributed by atoms with Crippen molar-refractivity contribution in [2.45, 2.75) is 36.8 Å². The minimum Gasteiger partial charge on any atom is -0.480 e. The molecule has 0 aliphatic heterocycles. The highest BCUT2D eigenvalue weighted by atomic mass is 35.5. The molecular weight excluding hydrogens is 270 g/mol. The number of carboxylic acid groups (broad SMARTS) is 1. The summed E-state index contributed by atoms with van der Waals surface area (Å²) < 4.78 is 0. The van der Waals surface area contributed by atoms with Gasteiger partial charge in [-0.05, 0) is 25.0 Å². The van der Waals surface area contributed by atoms with Crippen LogP contribution < -0.4 is 5.73 Å². The van der Waals surface area contributed by atoms with Crippen LogP contribution in [-0.4, -0.2) is 21.9 Å². The van der Waals surface area contributed by atoms with Gasteiger partial charge in [0.15, 0.2) is 0 Å². The van der Waals surface area contributed by atoms with Gasteiger partial charge in [-0.25, -0.2) is 0 Å². The van der Waals surface area contributed by atoms with Gasteiger partial charge in [0.2, 0.25) is 0 Å². The van der Waals surface area contributed by atoms with Gasteiger partial charge in [-0.15, -0.1) is 0 Å². The van der Waals surface area contributed by atoms with Crippen molar-refractivity contribution < 1.29 is 9.90 Å². The number of nitrogens with two attached hydrogens (primary N) is 1. The third-order valence-electron chi connectivity index (χ3n) is 2.68. The first-order valence-corrected chi connectivity index (χ1v) is 7.13. The zero-order valence-corrected chi connectivity index (χ0v) is 12.1. The first-order valence-electron chi connectivity index (χ1n) is 5.70. The van der Waals surface area contributed by atoms with E-state index in [1.54, 1.807) is 18.7 Å². The van der Waals surface area contributed by atoms with Crippen LogP contribution in [0.4, 0.5) is 0 Å². The Bertz CT molecular complexity index is 423. The third-order valence-corrected chi connectivity index (χ3v) is 4.26. The van der Waals surface area contributed by atoms with Crippen LogP contribution in [0.25, 0.3) is 0 Å². The number of hydrogen-bond donors (Lipinski definition) is 2. The molecule has 1 rings (SSSR count). The average Bonchev–Trinajstić information content (AvgIpc) is 2.27. The van der Waals surface area contributed by atoms with Crippen LogP contribution in [0.15, 0.2) is 24.3 Å². The average molecular weight is 288 g/mol. The lowest BCUT2D eigenvalue weighted by Gasteiger charge is -2.23. The number of halogens is 1. The fourth-order valence-electron chi connectivity index (χ4n) is 1.59. The molecule has 0 fully saturated rings. The highest BCUT2D eigenvalue weighted by Crippen LogP contribution is 2.27. The van der Waals surface area contributed by atoms with Gasteiger partial charge in [0.1, 0.15) is 5.54 Å². The third kappa shape index (κ3) is 4.52. The first-order chi connectivity index (χ1) is 8.33. The fourth-order valence-corrected chi connectivity index (χ4v) is 3.05. The molecule has 0 saturated heterocycles. The molecule has 1 aromatic rings. The largest absolute Gasteiger partial charge is 0.480 e. The summed E-state index contributed by atoms with van der Waals surface area (Å²) in [5.41, 5.74) is 5.61. The summed E-state index contributed by atoms with van der Waals surface area (Å²) in [6.07, 6.45) is 0.428. The molecule has 2 unspecified atom stereocenters. The Hall–Kier alpha value is -0.710. The Morgan fingerprint density at radius 2 is 2.17 bits per heavy atom. The van der Waals surface area contributed by atoms with E-state index in [2.05, 4.69) is 0 Å². The highest BCUT2D eigenvalue weighted by molar-refractivity contribution is 7.99. The minimum atomic E-state index is -1.17. The van der Waals surface area contributed by atoms with Gasteiger partial charge in [0, 0.05) is 16.0 Å². The molecule has 0 heterocycles. The molecule has 2 atom stereocenters. The fraction of sp³-hybridized carbons (Fsp3) is 0.462. The van der Waals surface area contributed by atoms with Crippen LogP contribution in [0.3, 0.4) is 0 Å². The number of carboxylic acids is 1. The second-order valence-corrected chi connectivity index (χ2v) is 6.47. The number of carbonyl (C=O) groups is 1. The van der Waals surface area contributed by atoms with Gasteiger partial charge in [-0.2, -0.15) is 11.8 Å². The molecular formula is C13H18ClNO2S. The molecule has 0 aromatic heterocycles. The summed E-state index contributed by atoms with van der Waals surface area (Å²) in [5, 5.41) is 9.87.